The highest BCUT2D eigenvalue weighted by atomic mass is 32.2. The van der Waals surface area contributed by atoms with Crippen molar-refractivity contribution in [2.75, 3.05) is 26.1 Å². The minimum absolute atomic E-state index is 0.145. The van der Waals surface area contributed by atoms with Crippen molar-refractivity contribution in [3.63, 3.8) is 0 Å². The molecule has 4 rings (SSSR count). The monoisotopic (exact) mass is 470 g/mol. The van der Waals surface area contributed by atoms with Gasteiger partial charge in [-0.1, -0.05) is 23.9 Å². The third-order valence-corrected chi connectivity index (χ3v) is 7.70. The molecule has 176 valence electrons. The van der Waals surface area contributed by atoms with Crippen LogP contribution in [0.1, 0.15) is 12.0 Å². The van der Waals surface area contributed by atoms with Crippen molar-refractivity contribution in [2.24, 2.45) is 16.6 Å². The maximum absolute atomic E-state index is 12.2. The van der Waals surface area contributed by atoms with E-state index in [2.05, 4.69) is 0 Å². The van der Waals surface area contributed by atoms with E-state index >= 15 is 0 Å². The molecule has 0 spiro atoms. The van der Waals surface area contributed by atoms with Gasteiger partial charge in [-0.3, -0.25) is 4.79 Å². The summed E-state index contributed by atoms with van der Waals surface area (Å²) in [5.41, 5.74) is 8.53. The molecule has 1 aliphatic carbocycles. The first-order chi connectivity index (χ1) is 15.8. The van der Waals surface area contributed by atoms with E-state index in [9.17, 15) is 15.0 Å². The fourth-order valence-electron chi connectivity index (χ4n) is 4.43. The normalized spacial score (nSPS) is 28.0. The molecule has 4 N–H and O–H groups in total. The summed E-state index contributed by atoms with van der Waals surface area (Å²) in [4.78, 5) is 21.0. The van der Waals surface area contributed by atoms with Crippen molar-refractivity contribution in [1.82, 2.24) is 4.90 Å². The number of hydrogen-bond acceptors (Lipinski definition) is 7. The largest absolute Gasteiger partial charge is 0.497 e. The Morgan fingerprint density at radius 3 is 2.42 bits per heavy atom. The van der Waals surface area contributed by atoms with Crippen molar-refractivity contribution < 1.29 is 19.7 Å². The van der Waals surface area contributed by atoms with Gasteiger partial charge in [0, 0.05) is 31.6 Å². The summed E-state index contributed by atoms with van der Waals surface area (Å²) in [5.74, 6) is -0.290. The molecule has 1 saturated heterocycles. The molecule has 0 bridgehead atoms. The minimum atomic E-state index is -1.02. The quantitative estimate of drug-likeness (QED) is 0.592. The fraction of sp³-hybridized carbons (Fsp3) is 0.417. The van der Waals surface area contributed by atoms with Gasteiger partial charge in [0.25, 0.3) is 0 Å². The predicted molar refractivity (Wildman–Crippen MR) is 131 cm³/mol. The molecule has 9 heteroatoms. The number of thioether (sulfide) groups is 1. The number of rotatable bonds is 6. The van der Waals surface area contributed by atoms with E-state index in [1.165, 1.54) is 11.8 Å². The lowest BCUT2D eigenvalue weighted by molar-refractivity contribution is -0.128. The zero-order valence-corrected chi connectivity index (χ0v) is 19.8. The Labute approximate surface area is 198 Å². The Kier molecular flexibility index (Phi) is 6.83. The number of carbonyl (C=O) groups is 1. The Hall–Kier alpha value is -2.75. The Morgan fingerprint density at radius 1 is 1.18 bits per heavy atom. The molecule has 0 aromatic heterocycles. The standard InChI is InChI=1S/C24H30N4O4S/c1-27(2)16-8-4-14(5-9-16)13-28-20-21(30)19(29)12-18(23(25)31)22(20)33-24(28)26-15-6-10-17(32-3)11-7-15/h4-11,18-22,29-30H,12-13H2,1-3H3,(H2,25,31)/t18-,19+,20-,21-,22+/m0/s1. The van der Waals surface area contributed by atoms with Crippen LogP contribution in [0, 0.1) is 5.92 Å². The number of amides is 1. The van der Waals surface area contributed by atoms with Gasteiger partial charge < -0.3 is 30.5 Å². The second-order valence-electron chi connectivity index (χ2n) is 8.66. The van der Waals surface area contributed by atoms with Gasteiger partial charge in [0.15, 0.2) is 5.17 Å². The number of nitrogens with zero attached hydrogens (tertiary/aromatic N) is 3. The van der Waals surface area contributed by atoms with Crippen molar-refractivity contribution >= 4 is 34.2 Å². The maximum Gasteiger partial charge on any atom is 0.221 e. The highest BCUT2D eigenvalue weighted by molar-refractivity contribution is 8.14. The van der Waals surface area contributed by atoms with Gasteiger partial charge in [-0.25, -0.2) is 4.99 Å². The summed E-state index contributed by atoms with van der Waals surface area (Å²) in [5, 5.41) is 21.8. The highest BCUT2D eigenvalue weighted by Crippen LogP contribution is 2.45. The Bertz CT molecular complexity index is 1010. The Balaban J connectivity index is 1.71. The van der Waals surface area contributed by atoms with E-state index in [0.717, 1.165) is 22.7 Å². The third-order valence-electron chi connectivity index (χ3n) is 6.29. The van der Waals surface area contributed by atoms with Gasteiger partial charge in [0.05, 0.1) is 30.9 Å². The first kappa shape index (κ1) is 23.4. The van der Waals surface area contributed by atoms with Gasteiger partial charge in [0.2, 0.25) is 5.91 Å². The molecule has 0 unspecified atom stereocenters. The molecule has 1 heterocycles. The number of primary amides is 1. The molecule has 2 aromatic rings. The number of aliphatic hydroxyl groups excluding tert-OH is 2. The molecular formula is C24H30N4O4S. The zero-order chi connectivity index (χ0) is 23.7. The maximum atomic E-state index is 12.2. The number of methoxy groups -OCH3 is 1. The predicted octanol–water partition coefficient (Wildman–Crippen LogP) is 1.96. The summed E-state index contributed by atoms with van der Waals surface area (Å²) in [7, 11) is 5.58. The van der Waals surface area contributed by atoms with Gasteiger partial charge in [0.1, 0.15) is 11.9 Å². The summed E-state index contributed by atoms with van der Waals surface area (Å²) in [6.45, 7) is 0.478. The van der Waals surface area contributed by atoms with Crippen LogP contribution in [0.4, 0.5) is 11.4 Å². The van der Waals surface area contributed by atoms with Crippen LogP contribution in [-0.2, 0) is 11.3 Å². The minimum Gasteiger partial charge on any atom is -0.497 e. The molecule has 0 radical (unpaired) electrons. The van der Waals surface area contributed by atoms with Gasteiger partial charge in [-0.15, -0.1) is 0 Å². The molecule has 1 amide bonds. The molecular weight excluding hydrogens is 440 g/mol. The molecule has 1 saturated carbocycles. The average Bonchev–Trinajstić information content (AvgIpc) is 3.14. The van der Waals surface area contributed by atoms with E-state index < -0.39 is 30.1 Å². The van der Waals surface area contributed by atoms with Crippen LogP contribution in [0.15, 0.2) is 53.5 Å². The number of fused-ring (bicyclic) bond motifs is 1. The van der Waals surface area contributed by atoms with Crippen molar-refractivity contribution in [1.29, 1.82) is 0 Å². The number of aliphatic imine (C=N–C) groups is 1. The van der Waals surface area contributed by atoms with Gasteiger partial charge in [-0.05, 0) is 48.4 Å². The number of amidine groups is 1. The van der Waals surface area contributed by atoms with E-state index in [1.54, 1.807) is 7.11 Å². The number of hydrogen-bond donors (Lipinski definition) is 3. The molecule has 33 heavy (non-hydrogen) atoms. The number of ether oxygens (including phenoxy) is 1. The molecule has 8 nitrogen and oxygen atoms in total. The lowest BCUT2D eigenvalue weighted by Gasteiger charge is -2.41. The number of anilines is 1. The fourth-order valence-corrected chi connectivity index (χ4v) is 6.01. The second kappa shape index (κ2) is 9.62. The molecule has 1 aliphatic heterocycles. The van der Waals surface area contributed by atoms with Crippen LogP contribution in [0.5, 0.6) is 5.75 Å². The van der Waals surface area contributed by atoms with E-state index in [-0.39, 0.29) is 11.7 Å². The topological polar surface area (TPSA) is 112 Å². The summed E-state index contributed by atoms with van der Waals surface area (Å²) >= 11 is 1.44. The lowest BCUT2D eigenvalue weighted by atomic mass is 9.80. The van der Waals surface area contributed by atoms with Crippen LogP contribution in [0.3, 0.4) is 0 Å². The van der Waals surface area contributed by atoms with Crippen LogP contribution in [0.25, 0.3) is 0 Å². The smallest absolute Gasteiger partial charge is 0.221 e. The van der Waals surface area contributed by atoms with Crippen molar-refractivity contribution in [2.45, 2.75) is 36.5 Å². The Morgan fingerprint density at radius 2 is 1.85 bits per heavy atom. The van der Waals surface area contributed by atoms with Gasteiger partial charge >= 0.3 is 0 Å². The van der Waals surface area contributed by atoms with Crippen LogP contribution in [-0.4, -0.2) is 70.9 Å². The van der Waals surface area contributed by atoms with Crippen LogP contribution in [0.2, 0.25) is 0 Å². The molecule has 2 fully saturated rings. The van der Waals surface area contributed by atoms with E-state index in [0.29, 0.717) is 11.7 Å². The van der Waals surface area contributed by atoms with E-state index in [1.807, 2.05) is 72.4 Å². The molecule has 2 aromatic carbocycles. The zero-order valence-electron chi connectivity index (χ0n) is 19.0. The van der Waals surface area contributed by atoms with E-state index in [4.69, 9.17) is 15.5 Å². The summed E-state index contributed by atoms with van der Waals surface area (Å²) < 4.78 is 5.23. The number of benzene rings is 2. The SMILES string of the molecule is COc1ccc(N=C2S[C@H]3[C@H]([C@@H](O)[C@H](O)C[C@@H]3C(N)=O)N2Cc2ccc(N(C)C)cc2)cc1. The summed E-state index contributed by atoms with van der Waals surface area (Å²) in [6, 6.07) is 15.0. The molecule has 2 aliphatic rings. The first-order valence-corrected chi connectivity index (χ1v) is 11.7. The van der Waals surface area contributed by atoms with Crippen LogP contribution < -0.4 is 15.4 Å². The van der Waals surface area contributed by atoms with Crippen molar-refractivity contribution in [3.05, 3.63) is 54.1 Å². The first-order valence-electron chi connectivity index (χ1n) is 10.9. The molecule has 5 atom stereocenters. The van der Waals surface area contributed by atoms with Gasteiger partial charge in [-0.2, -0.15) is 0 Å². The van der Waals surface area contributed by atoms with Crippen LogP contribution >= 0.6 is 11.8 Å². The summed E-state index contributed by atoms with van der Waals surface area (Å²) in [6.07, 6.45) is -1.89. The average molecular weight is 471 g/mol. The third kappa shape index (κ3) is 4.80. The number of nitrogens with two attached hydrogens (primary N) is 1. The number of aliphatic hydroxyl groups is 2. The highest BCUT2D eigenvalue weighted by Gasteiger charge is 2.54. The van der Waals surface area contributed by atoms with Crippen molar-refractivity contribution in [3.8, 4) is 5.75 Å². The number of carbonyl (C=O) groups excluding carboxylic acids is 1. The second-order valence-corrected chi connectivity index (χ2v) is 9.80. The lowest BCUT2D eigenvalue weighted by Crippen LogP contribution is -2.58.